The van der Waals surface area contributed by atoms with Crippen molar-refractivity contribution in [1.82, 2.24) is 0 Å². The molecule has 0 aliphatic rings. The standard InChI is InChI=1S/C25H29ClO4/c1-15-10-16(2)21(17(3)11-15)23-24(25(23)27)22-18(4)12-20(13-19(22)5)30-9-8-28-6-7-29-14-26/h10-13H,6-9,14H2,1-5H3. The molecule has 0 aromatic heterocycles. The third-order valence-electron chi connectivity index (χ3n) is 5.27. The number of ether oxygens (including phenoxy) is 3. The van der Waals surface area contributed by atoms with Crippen LogP contribution in [0.15, 0.2) is 29.1 Å². The van der Waals surface area contributed by atoms with Crippen molar-refractivity contribution in [3.05, 3.63) is 62.3 Å². The van der Waals surface area contributed by atoms with Crippen LogP contribution in [0.5, 0.6) is 5.75 Å². The van der Waals surface area contributed by atoms with E-state index in [1.807, 2.05) is 26.0 Å². The van der Waals surface area contributed by atoms with Gasteiger partial charge >= 0.3 is 0 Å². The van der Waals surface area contributed by atoms with Crippen molar-refractivity contribution in [2.24, 2.45) is 0 Å². The minimum Gasteiger partial charge on any atom is -0.491 e. The summed E-state index contributed by atoms with van der Waals surface area (Å²) in [4.78, 5) is 12.8. The summed E-state index contributed by atoms with van der Waals surface area (Å²) in [5.74, 6) is 0.785. The Hall–Kier alpha value is -2.14. The van der Waals surface area contributed by atoms with Crippen LogP contribution in [-0.4, -0.2) is 32.5 Å². The SMILES string of the molecule is Cc1cc(C)c(-c2c(-c3c(C)cc(OCCOCCOCCl)cc3C)c2=O)c(C)c1. The van der Waals surface area contributed by atoms with Crippen LogP contribution in [0, 0.1) is 34.6 Å². The molecule has 160 valence electrons. The van der Waals surface area contributed by atoms with Gasteiger partial charge in [-0.25, -0.2) is 0 Å². The molecule has 0 saturated carbocycles. The van der Waals surface area contributed by atoms with Gasteiger partial charge in [0, 0.05) is 11.1 Å². The van der Waals surface area contributed by atoms with Gasteiger partial charge in [0.25, 0.3) is 0 Å². The van der Waals surface area contributed by atoms with Gasteiger partial charge in [0.1, 0.15) is 18.4 Å². The lowest BCUT2D eigenvalue weighted by molar-refractivity contribution is 0.0495. The number of halogens is 1. The van der Waals surface area contributed by atoms with Crippen LogP contribution in [0.2, 0.25) is 0 Å². The molecule has 0 atom stereocenters. The highest BCUT2D eigenvalue weighted by atomic mass is 35.5. The van der Waals surface area contributed by atoms with E-state index in [4.69, 9.17) is 25.8 Å². The predicted molar refractivity (Wildman–Crippen MR) is 123 cm³/mol. The highest BCUT2D eigenvalue weighted by Crippen LogP contribution is 2.42. The van der Waals surface area contributed by atoms with Crippen molar-refractivity contribution >= 4 is 11.6 Å². The Morgan fingerprint density at radius 3 is 1.67 bits per heavy atom. The minimum atomic E-state index is 0.150. The van der Waals surface area contributed by atoms with Crippen molar-refractivity contribution < 1.29 is 14.2 Å². The molecule has 0 amide bonds. The number of benzene rings is 2. The molecule has 3 aromatic rings. The quantitative estimate of drug-likeness (QED) is 0.320. The van der Waals surface area contributed by atoms with Gasteiger partial charge in [0.05, 0.1) is 19.8 Å². The molecule has 3 rings (SSSR count). The van der Waals surface area contributed by atoms with Crippen molar-refractivity contribution in [3.63, 3.8) is 0 Å². The topological polar surface area (TPSA) is 44.8 Å². The van der Waals surface area contributed by atoms with E-state index in [9.17, 15) is 4.79 Å². The van der Waals surface area contributed by atoms with Crippen molar-refractivity contribution in [3.8, 4) is 28.0 Å². The average Bonchev–Trinajstić information content (AvgIpc) is 3.29. The smallest absolute Gasteiger partial charge is 0.195 e. The second-order valence-corrected chi connectivity index (χ2v) is 7.98. The Morgan fingerprint density at radius 2 is 1.13 bits per heavy atom. The van der Waals surface area contributed by atoms with E-state index in [-0.39, 0.29) is 11.5 Å². The zero-order valence-corrected chi connectivity index (χ0v) is 19.1. The van der Waals surface area contributed by atoms with E-state index in [0.29, 0.717) is 26.4 Å². The summed E-state index contributed by atoms with van der Waals surface area (Å²) < 4.78 is 16.3. The molecule has 0 N–H and O–H groups in total. The van der Waals surface area contributed by atoms with E-state index in [0.717, 1.165) is 50.3 Å². The fraction of sp³-hybridized carbons (Fsp3) is 0.400. The van der Waals surface area contributed by atoms with Crippen LogP contribution in [0.3, 0.4) is 0 Å². The molecule has 30 heavy (non-hydrogen) atoms. The molecule has 0 radical (unpaired) electrons. The molecule has 4 nitrogen and oxygen atoms in total. The van der Waals surface area contributed by atoms with Gasteiger partial charge in [-0.1, -0.05) is 29.3 Å². The molecular formula is C25H29ClO4. The molecule has 5 heteroatoms. The summed E-state index contributed by atoms with van der Waals surface area (Å²) in [6.07, 6.45) is 0. The Balaban J connectivity index is 1.73. The molecule has 3 aromatic carbocycles. The maximum atomic E-state index is 12.8. The molecule has 0 aliphatic carbocycles. The zero-order chi connectivity index (χ0) is 21.8. The maximum Gasteiger partial charge on any atom is 0.195 e. The molecular weight excluding hydrogens is 400 g/mol. The van der Waals surface area contributed by atoms with Crippen LogP contribution in [0.25, 0.3) is 22.3 Å². The minimum absolute atomic E-state index is 0.150. The number of alkyl halides is 1. The van der Waals surface area contributed by atoms with Crippen LogP contribution in [0.1, 0.15) is 27.8 Å². The van der Waals surface area contributed by atoms with Gasteiger partial charge < -0.3 is 14.2 Å². The van der Waals surface area contributed by atoms with Gasteiger partial charge in [-0.2, -0.15) is 0 Å². The van der Waals surface area contributed by atoms with E-state index in [1.165, 1.54) is 5.56 Å². The van der Waals surface area contributed by atoms with E-state index < -0.39 is 0 Å². The number of rotatable bonds is 10. The van der Waals surface area contributed by atoms with Crippen LogP contribution in [0.4, 0.5) is 0 Å². The Bertz CT molecular complexity index is 998. The monoisotopic (exact) mass is 428 g/mol. The number of hydrogen-bond donors (Lipinski definition) is 0. The summed E-state index contributed by atoms with van der Waals surface area (Å²) in [5.41, 5.74) is 9.56. The normalized spacial score (nSPS) is 11.4. The molecule has 0 spiro atoms. The molecule has 0 heterocycles. The predicted octanol–water partition coefficient (Wildman–Crippen LogP) is 5.41. The first-order chi connectivity index (χ1) is 14.3. The lowest BCUT2D eigenvalue weighted by Gasteiger charge is -2.12. The van der Waals surface area contributed by atoms with Crippen molar-refractivity contribution in [2.75, 3.05) is 32.5 Å². The first kappa shape index (κ1) is 22.5. The molecule has 0 unspecified atom stereocenters. The fourth-order valence-corrected chi connectivity index (χ4v) is 4.23. The van der Waals surface area contributed by atoms with Crippen LogP contribution < -0.4 is 10.2 Å². The van der Waals surface area contributed by atoms with E-state index in [2.05, 4.69) is 32.9 Å². The third kappa shape index (κ3) is 4.94. The summed E-state index contributed by atoms with van der Waals surface area (Å²) in [6.45, 7) is 12.2. The highest BCUT2D eigenvalue weighted by Gasteiger charge is 2.30. The third-order valence-corrected chi connectivity index (χ3v) is 5.42. The van der Waals surface area contributed by atoms with Crippen LogP contribution in [-0.2, 0) is 9.47 Å². The van der Waals surface area contributed by atoms with Gasteiger partial charge in [0.2, 0.25) is 0 Å². The highest BCUT2D eigenvalue weighted by molar-refractivity contribution is 6.17. The second-order valence-electron chi connectivity index (χ2n) is 7.76. The lowest BCUT2D eigenvalue weighted by Crippen LogP contribution is -2.10. The van der Waals surface area contributed by atoms with E-state index in [1.54, 1.807) is 0 Å². The summed E-state index contributed by atoms with van der Waals surface area (Å²) in [7, 11) is 0. The fourth-order valence-electron chi connectivity index (χ4n) is 4.12. The first-order valence-corrected chi connectivity index (χ1v) is 10.7. The summed E-state index contributed by atoms with van der Waals surface area (Å²) in [6, 6.07) is 8.43. The maximum absolute atomic E-state index is 12.8. The Labute approximate surface area is 183 Å². The summed E-state index contributed by atoms with van der Waals surface area (Å²) >= 11 is 5.44. The first-order valence-electron chi connectivity index (χ1n) is 10.2. The van der Waals surface area contributed by atoms with Crippen LogP contribution >= 0.6 is 11.6 Å². The average molecular weight is 429 g/mol. The number of hydrogen-bond acceptors (Lipinski definition) is 4. The van der Waals surface area contributed by atoms with Crippen molar-refractivity contribution in [1.29, 1.82) is 0 Å². The van der Waals surface area contributed by atoms with Gasteiger partial charge in [0.15, 0.2) is 5.43 Å². The largest absolute Gasteiger partial charge is 0.491 e. The Morgan fingerprint density at radius 1 is 0.667 bits per heavy atom. The van der Waals surface area contributed by atoms with Crippen molar-refractivity contribution in [2.45, 2.75) is 34.6 Å². The van der Waals surface area contributed by atoms with E-state index >= 15 is 0 Å². The lowest BCUT2D eigenvalue weighted by atomic mass is 9.95. The second kappa shape index (κ2) is 9.78. The van der Waals surface area contributed by atoms with Gasteiger partial charge in [-0.15, -0.1) is 0 Å². The number of aryl methyl sites for hydroxylation is 5. The Kier molecular flexibility index (Phi) is 7.35. The molecule has 0 fully saturated rings. The van der Waals surface area contributed by atoms with Gasteiger partial charge in [-0.3, -0.25) is 4.79 Å². The molecule has 0 bridgehead atoms. The van der Waals surface area contributed by atoms with Gasteiger partial charge in [-0.05, 0) is 80.1 Å². The summed E-state index contributed by atoms with van der Waals surface area (Å²) in [5, 5.41) is 0. The molecule has 0 saturated heterocycles. The molecule has 0 aliphatic heterocycles. The zero-order valence-electron chi connectivity index (χ0n) is 18.4.